The van der Waals surface area contributed by atoms with Crippen LogP contribution in [0.15, 0.2) is 59.6 Å². The first-order valence-corrected chi connectivity index (χ1v) is 12.2. The van der Waals surface area contributed by atoms with Crippen LogP contribution in [-0.4, -0.2) is 40.6 Å². The lowest BCUT2D eigenvalue weighted by molar-refractivity contribution is 0.342. The summed E-state index contributed by atoms with van der Waals surface area (Å²) in [6.07, 6.45) is 3.43. The van der Waals surface area contributed by atoms with E-state index in [1.54, 1.807) is 63.9 Å². The number of fused-ring (bicyclic) bond motifs is 2. The van der Waals surface area contributed by atoms with Crippen LogP contribution in [0.1, 0.15) is 28.2 Å². The molecule has 0 amide bonds. The van der Waals surface area contributed by atoms with Gasteiger partial charge in [0.25, 0.3) is 10.0 Å². The van der Waals surface area contributed by atoms with Gasteiger partial charge in [-0.05, 0) is 42.8 Å². The minimum Gasteiger partial charge on any atom is -0.493 e. The molecule has 176 valence electrons. The average Bonchev–Trinajstić information content (AvgIpc) is 3.05. The van der Waals surface area contributed by atoms with E-state index in [1.165, 1.54) is 4.31 Å². The summed E-state index contributed by atoms with van der Waals surface area (Å²) in [7, 11) is 0.934. The lowest BCUT2D eigenvalue weighted by Crippen LogP contribution is -2.31. The highest BCUT2D eigenvalue weighted by atomic mass is 32.2. The molecule has 1 atom stereocenters. The summed E-state index contributed by atoms with van der Waals surface area (Å²) in [6, 6.07) is 14.2. The van der Waals surface area contributed by atoms with Gasteiger partial charge in [0.1, 0.15) is 5.75 Å². The van der Waals surface area contributed by atoms with Crippen LogP contribution >= 0.6 is 0 Å². The number of ether oxygens (including phenoxy) is 4. The third kappa shape index (κ3) is 3.45. The molecule has 8 heteroatoms. The van der Waals surface area contributed by atoms with Crippen LogP contribution < -0.4 is 18.9 Å². The fraction of sp³-hybridized carbons (Fsp3) is 0.231. The molecule has 0 N–H and O–H groups in total. The van der Waals surface area contributed by atoms with Crippen molar-refractivity contribution in [1.29, 1.82) is 0 Å². The summed E-state index contributed by atoms with van der Waals surface area (Å²) in [6.45, 7) is 2.11. The van der Waals surface area contributed by atoms with E-state index in [0.29, 0.717) is 28.7 Å². The SMILES string of the molecule is COc1cc2c(cc1OC)C1CN(S(=O)(=O)c3ccc(C)cc3)C=Cc3ccc(OC)c(c31)O2. The van der Waals surface area contributed by atoms with E-state index in [2.05, 4.69) is 0 Å². The molecular formula is C26H25NO6S. The van der Waals surface area contributed by atoms with Crippen LogP contribution in [0, 0.1) is 6.92 Å². The van der Waals surface area contributed by atoms with Gasteiger partial charge in [0.05, 0.1) is 26.2 Å². The molecule has 0 bridgehead atoms. The van der Waals surface area contributed by atoms with Crippen molar-refractivity contribution < 1.29 is 27.4 Å². The smallest absolute Gasteiger partial charge is 0.263 e. The molecule has 2 aliphatic rings. The number of methoxy groups -OCH3 is 3. The van der Waals surface area contributed by atoms with Gasteiger partial charge in [0.15, 0.2) is 23.0 Å². The summed E-state index contributed by atoms with van der Waals surface area (Å²) in [5, 5.41) is 0. The van der Waals surface area contributed by atoms with Gasteiger partial charge in [-0.1, -0.05) is 23.8 Å². The molecule has 0 fully saturated rings. The second-order valence-electron chi connectivity index (χ2n) is 8.20. The van der Waals surface area contributed by atoms with E-state index in [0.717, 1.165) is 22.3 Å². The normalized spacial score (nSPS) is 16.1. The van der Waals surface area contributed by atoms with E-state index < -0.39 is 10.0 Å². The van der Waals surface area contributed by atoms with Gasteiger partial charge in [0, 0.05) is 35.9 Å². The van der Waals surface area contributed by atoms with Gasteiger partial charge in [-0.15, -0.1) is 0 Å². The zero-order valence-corrected chi connectivity index (χ0v) is 20.2. The molecule has 0 aliphatic carbocycles. The minimum absolute atomic E-state index is 0.186. The molecule has 2 aliphatic heterocycles. The first-order chi connectivity index (χ1) is 16.4. The topological polar surface area (TPSA) is 74.3 Å². The van der Waals surface area contributed by atoms with E-state index in [4.69, 9.17) is 18.9 Å². The van der Waals surface area contributed by atoms with E-state index >= 15 is 0 Å². The molecule has 0 spiro atoms. The van der Waals surface area contributed by atoms with Crippen LogP contribution in [0.5, 0.6) is 28.7 Å². The Labute approximate surface area is 199 Å². The van der Waals surface area contributed by atoms with Crippen molar-refractivity contribution in [1.82, 2.24) is 4.31 Å². The third-order valence-electron chi connectivity index (χ3n) is 6.28. The molecule has 0 saturated carbocycles. The van der Waals surface area contributed by atoms with Crippen LogP contribution in [0.2, 0.25) is 0 Å². The largest absolute Gasteiger partial charge is 0.493 e. The van der Waals surface area contributed by atoms with Crippen LogP contribution in [0.4, 0.5) is 0 Å². The lowest BCUT2D eigenvalue weighted by Gasteiger charge is -2.32. The summed E-state index contributed by atoms with van der Waals surface area (Å²) >= 11 is 0. The zero-order valence-electron chi connectivity index (χ0n) is 19.4. The van der Waals surface area contributed by atoms with Crippen LogP contribution in [-0.2, 0) is 10.0 Å². The predicted molar refractivity (Wildman–Crippen MR) is 129 cm³/mol. The third-order valence-corrected chi connectivity index (χ3v) is 8.03. The van der Waals surface area contributed by atoms with Crippen molar-refractivity contribution in [2.24, 2.45) is 0 Å². The number of nitrogens with zero attached hydrogens (tertiary/aromatic N) is 1. The zero-order chi connectivity index (χ0) is 24.0. The lowest BCUT2D eigenvalue weighted by atomic mass is 9.85. The van der Waals surface area contributed by atoms with Crippen LogP contribution in [0.25, 0.3) is 6.08 Å². The summed E-state index contributed by atoms with van der Waals surface area (Å²) < 4.78 is 51.5. The number of aryl methyl sites for hydroxylation is 1. The van der Waals surface area contributed by atoms with E-state index in [1.807, 2.05) is 25.1 Å². The molecule has 34 heavy (non-hydrogen) atoms. The van der Waals surface area contributed by atoms with E-state index in [9.17, 15) is 8.42 Å². The Bertz CT molecular complexity index is 1400. The predicted octanol–water partition coefficient (Wildman–Crippen LogP) is 4.93. The Balaban J connectivity index is 1.69. The van der Waals surface area contributed by atoms with E-state index in [-0.39, 0.29) is 17.4 Å². The Morgan fingerprint density at radius 1 is 0.912 bits per heavy atom. The Morgan fingerprint density at radius 3 is 2.26 bits per heavy atom. The molecule has 0 aromatic heterocycles. The molecule has 0 radical (unpaired) electrons. The van der Waals surface area contributed by atoms with Crippen molar-refractivity contribution in [3.63, 3.8) is 0 Å². The molecule has 0 saturated heterocycles. The first-order valence-electron chi connectivity index (χ1n) is 10.8. The Kier molecular flexibility index (Phi) is 5.40. The fourth-order valence-electron chi connectivity index (χ4n) is 4.49. The Morgan fingerprint density at radius 2 is 1.59 bits per heavy atom. The van der Waals surface area contributed by atoms with Crippen molar-refractivity contribution in [3.05, 3.63) is 77.0 Å². The summed E-state index contributed by atoms with van der Waals surface area (Å²) in [5.74, 6) is 2.47. The molecule has 5 rings (SSSR count). The molecule has 2 heterocycles. The summed E-state index contributed by atoms with van der Waals surface area (Å²) in [4.78, 5) is 0.242. The van der Waals surface area contributed by atoms with Gasteiger partial charge in [0.2, 0.25) is 0 Å². The minimum atomic E-state index is -3.78. The van der Waals surface area contributed by atoms with Crippen molar-refractivity contribution in [3.8, 4) is 28.7 Å². The van der Waals surface area contributed by atoms with Gasteiger partial charge in [-0.25, -0.2) is 8.42 Å². The second kappa shape index (κ2) is 8.29. The first kappa shape index (κ1) is 22.2. The molecule has 7 nitrogen and oxygen atoms in total. The number of sulfonamides is 1. The van der Waals surface area contributed by atoms with Crippen LogP contribution in [0.3, 0.4) is 0 Å². The molecular weight excluding hydrogens is 454 g/mol. The highest BCUT2D eigenvalue weighted by Gasteiger charge is 2.37. The molecule has 3 aromatic carbocycles. The molecule has 3 aromatic rings. The highest BCUT2D eigenvalue weighted by molar-refractivity contribution is 7.89. The van der Waals surface area contributed by atoms with Crippen molar-refractivity contribution in [2.75, 3.05) is 27.9 Å². The van der Waals surface area contributed by atoms with Crippen molar-refractivity contribution in [2.45, 2.75) is 17.7 Å². The summed E-state index contributed by atoms with van der Waals surface area (Å²) in [5.41, 5.74) is 3.54. The van der Waals surface area contributed by atoms with Gasteiger partial charge in [-0.2, -0.15) is 0 Å². The quantitative estimate of drug-likeness (QED) is 0.516. The van der Waals surface area contributed by atoms with Crippen molar-refractivity contribution >= 4 is 16.1 Å². The maximum Gasteiger partial charge on any atom is 0.263 e. The monoisotopic (exact) mass is 479 g/mol. The number of hydrogen-bond acceptors (Lipinski definition) is 6. The Hall–Kier alpha value is -3.65. The fourth-order valence-corrected chi connectivity index (χ4v) is 5.80. The molecule has 1 unspecified atom stereocenters. The second-order valence-corrected chi connectivity index (χ2v) is 10.1. The number of rotatable bonds is 5. The van der Waals surface area contributed by atoms with Gasteiger partial charge < -0.3 is 18.9 Å². The number of benzene rings is 3. The maximum atomic E-state index is 13.6. The van der Waals surface area contributed by atoms with Gasteiger partial charge in [-0.3, -0.25) is 4.31 Å². The average molecular weight is 480 g/mol. The maximum absolute atomic E-state index is 13.6. The van der Waals surface area contributed by atoms with Gasteiger partial charge >= 0.3 is 0 Å². The standard InChI is InChI=1S/C26H25NO6S/c1-16-5-8-18(9-6-16)34(28,29)27-12-11-17-7-10-21(30-2)26-25(17)20(15-27)19-13-23(31-3)24(32-4)14-22(19)33-26/h5-14,20H,15H2,1-4H3. The highest BCUT2D eigenvalue weighted by Crippen LogP contribution is 2.53. The number of hydrogen-bond donors (Lipinski definition) is 0.